The number of hydrogen-bond acceptors (Lipinski definition) is 3. The second-order valence-electron chi connectivity index (χ2n) is 3.97. The molecule has 2 unspecified atom stereocenters. The summed E-state index contributed by atoms with van der Waals surface area (Å²) in [7, 11) is 1.54. The highest BCUT2D eigenvalue weighted by Gasteiger charge is 2.35. The molecular weight excluding hydrogens is 180 g/mol. The molecule has 2 atom stereocenters. The molecule has 0 aromatic rings. The van der Waals surface area contributed by atoms with Gasteiger partial charge in [0.1, 0.15) is 0 Å². The van der Waals surface area contributed by atoms with Gasteiger partial charge >= 0.3 is 0 Å². The van der Waals surface area contributed by atoms with Crippen LogP contribution in [-0.2, 0) is 9.59 Å². The van der Waals surface area contributed by atoms with E-state index in [1.54, 1.807) is 0 Å². The molecule has 1 heterocycles. The molecule has 1 saturated heterocycles. The van der Waals surface area contributed by atoms with Gasteiger partial charge in [-0.3, -0.25) is 14.5 Å². The Balaban J connectivity index is 2.40. The lowest BCUT2D eigenvalue weighted by Crippen LogP contribution is -2.39. The summed E-state index contributed by atoms with van der Waals surface area (Å²) in [6.45, 7) is 5.03. The second-order valence-corrected chi connectivity index (χ2v) is 3.97. The van der Waals surface area contributed by atoms with Crippen molar-refractivity contribution in [2.45, 2.75) is 32.7 Å². The highest BCUT2D eigenvalue weighted by Crippen LogP contribution is 2.11. The van der Waals surface area contributed by atoms with Crippen molar-refractivity contribution in [2.24, 2.45) is 5.92 Å². The Bertz CT molecular complexity index is 240. The van der Waals surface area contributed by atoms with Crippen molar-refractivity contribution in [1.82, 2.24) is 10.2 Å². The lowest BCUT2D eigenvalue weighted by molar-refractivity contribution is -0.137. The van der Waals surface area contributed by atoms with Gasteiger partial charge in [0.2, 0.25) is 11.8 Å². The maximum Gasteiger partial charge on any atom is 0.246 e. The molecule has 0 aliphatic carbocycles. The number of imide groups is 1. The molecule has 1 rings (SSSR count). The van der Waals surface area contributed by atoms with Gasteiger partial charge in [-0.2, -0.15) is 0 Å². The zero-order chi connectivity index (χ0) is 10.7. The Morgan fingerprint density at radius 1 is 1.57 bits per heavy atom. The van der Waals surface area contributed by atoms with E-state index in [1.165, 1.54) is 11.9 Å². The summed E-state index contributed by atoms with van der Waals surface area (Å²) in [5.74, 6) is 0.360. The van der Waals surface area contributed by atoms with Gasteiger partial charge in [-0.15, -0.1) is 0 Å². The first kappa shape index (κ1) is 11.2. The molecule has 1 fully saturated rings. The Morgan fingerprint density at radius 3 is 2.64 bits per heavy atom. The zero-order valence-electron chi connectivity index (χ0n) is 9.04. The normalized spacial score (nSPS) is 24.5. The first-order valence-corrected chi connectivity index (χ1v) is 5.10. The van der Waals surface area contributed by atoms with E-state index >= 15 is 0 Å². The van der Waals surface area contributed by atoms with E-state index in [2.05, 4.69) is 19.2 Å². The summed E-state index contributed by atoms with van der Waals surface area (Å²) >= 11 is 0. The van der Waals surface area contributed by atoms with Gasteiger partial charge in [-0.25, -0.2) is 0 Å². The number of likely N-dealkylation sites (tertiary alicyclic amines) is 1. The van der Waals surface area contributed by atoms with E-state index in [9.17, 15) is 9.59 Å². The number of rotatable bonds is 4. The van der Waals surface area contributed by atoms with Gasteiger partial charge in [-0.05, 0) is 12.5 Å². The SMILES string of the molecule is CCC(C)CNC1CC(=O)N(C)C1=O. The smallest absolute Gasteiger partial charge is 0.246 e. The Labute approximate surface area is 84.7 Å². The Kier molecular flexibility index (Phi) is 3.63. The first-order chi connectivity index (χ1) is 6.56. The Morgan fingerprint density at radius 2 is 2.21 bits per heavy atom. The van der Waals surface area contributed by atoms with Crippen LogP contribution in [0.3, 0.4) is 0 Å². The molecule has 4 nitrogen and oxygen atoms in total. The van der Waals surface area contributed by atoms with E-state index in [1.807, 2.05) is 0 Å². The Hall–Kier alpha value is -0.900. The number of carbonyl (C=O) groups is 2. The maximum absolute atomic E-state index is 11.5. The van der Waals surface area contributed by atoms with Gasteiger partial charge in [-0.1, -0.05) is 20.3 Å². The lowest BCUT2D eigenvalue weighted by Gasteiger charge is -2.14. The largest absolute Gasteiger partial charge is 0.305 e. The van der Waals surface area contributed by atoms with Crippen molar-refractivity contribution in [1.29, 1.82) is 0 Å². The number of nitrogens with one attached hydrogen (secondary N) is 1. The lowest BCUT2D eigenvalue weighted by atomic mass is 10.1. The average molecular weight is 198 g/mol. The van der Waals surface area contributed by atoms with Crippen LogP contribution < -0.4 is 5.32 Å². The molecule has 4 heteroatoms. The van der Waals surface area contributed by atoms with Gasteiger partial charge in [0, 0.05) is 7.05 Å². The summed E-state index contributed by atoms with van der Waals surface area (Å²) in [4.78, 5) is 23.8. The van der Waals surface area contributed by atoms with Crippen molar-refractivity contribution < 1.29 is 9.59 Å². The second kappa shape index (κ2) is 4.55. The molecule has 1 N–H and O–H groups in total. The van der Waals surface area contributed by atoms with Crippen LogP contribution in [0.5, 0.6) is 0 Å². The molecule has 0 radical (unpaired) electrons. The summed E-state index contributed by atoms with van der Waals surface area (Å²) < 4.78 is 0. The van der Waals surface area contributed by atoms with E-state index in [4.69, 9.17) is 0 Å². The standard InChI is InChI=1S/C10H18N2O2/c1-4-7(2)6-11-8-5-9(13)12(3)10(8)14/h7-8,11H,4-6H2,1-3H3. The fourth-order valence-electron chi connectivity index (χ4n) is 1.40. The summed E-state index contributed by atoms with van der Waals surface area (Å²) in [6, 6.07) is -0.290. The van der Waals surface area contributed by atoms with E-state index in [-0.39, 0.29) is 17.9 Å². The minimum Gasteiger partial charge on any atom is -0.305 e. The molecule has 0 saturated carbocycles. The van der Waals surface area contributed by atoms with Crippen LogP contribution in [0.25, 0.3) is 0 Å². The van der Waals surface area contributed by atoms with Crippen LogP contribution in [0.15, 0.2) is 0 Å². The first-order valence-electron chi connectivity index (χ1n) is 5.10. The molecule has 0 aromatic heterocycles. The molecule has 1 aliphatic rings. The van der Waals surface area contributed by atoms with Crippen LogP contribution in [-0.4, -0.2) is 36.3 Å². The molecular formula is C10H18N2O2. The molecule has 1 aliphatic heterocycles. The van der Waals surface area contributed by atoms with Crippen LogP contribution in [0, 0.1) is 5.92 Å². The molecule has 80 valence electrons. The van der Waals surface area contributed by atoms with E-state index in [0.29, 0.717) is 12.3 Å². The topological polar surface area (TPSA) is 49.4 Å². The average Bonchev–Trinajstić information content (AvgIpc) is 2.42. The zero-order valence-corrected chi connectivity index (χ0v) is 9.04. The highest BCUT2D eigenvalue weighted by molar-refractivity contribution is 6.05. The van der Waals surface area contributed by atoms with Crippen LogP contribution in [0.4, 0.5) is 0 Å². The summed E-state index contributed by atoms with van der Waals surface area (Å²) in [6.07, 6.45) is 1.39. The molecule has 0 bridgehead atoms. The predicted molar refractivity (Wildman–Crippen MR) is 53.6 cm³/mol. The van der Waals surface area contributed by atoms with Crippen LogP contribution in [0.2, 0.25) is 0 Å². The van der Waals surface area contributed by atoms with Crippen molar-refractivity contribution >= 4 is 11.8 Å². The minimum absolute atomic E-state index is 0.0864. The number of nitrogens with zero attached hydrogens (tertiary/aromatic N) is 1. The predicted octanol–water partition coefficient (Wildman–Crippen LogP) is 0.379. The molecule has 0 aromatic carbocycles. The van der Waals surface area contributed by atoms with Gasteiger partial charge in [0.05, 0.1) is 12.5 Å². The van der Waals surface area contributed by atoms with Crippen molar-refractivity contribution in [3.05, 3.63) is 0 Å². The third-order valence-corrected chi connectivity index (χ3v) is 2.79. The van der Waals surface area contributed by atoms with Gasteiger partial charge in [0.15, 0.2) is 0 Å². The summed E-state index contributed by atoms with van der Waals surface area (Å²) in [5.41, 5.74) is 0. The fourth-order valence-corrected chi connectivity index (χ4v) is 1.40. The van der Waals surface area contributed by atoms with E-state index < -0.39 is 0 Å². The number of likely N-dealkylation sites (N-methyl/N-ethyl adjacent to an activating group) is 1. The monoisotopic (exact) mass is 198 g/mol. The fraction of sp³-hybridized carbons (Fsp3) is 0.800. The van der Waals surface area contributed by atoms with E-state index in [0.717, 1.165) is 13.0 Å². The van der Waals surface area contributed by atoms with Crippen molar-refractivity contribution in [3.8, 4) is 0 Å². The van der Waals surface area contributed by atoms with Crippen molar-refractivity contribution in [3.63, 3.8) is 0 Å². The number of carbonyl (C=O) groups excluding carboxylic acids is 2. The van der Waals surface area contributed by atoms with Gasteiger partial charge in [0.25, 0.3) is 0 Å². The third kappa shape index (κ3) is 2.32. The molecule has 0 spiro atoms. The highest BCUT2D eigenvalue weighted by atomic mass is 16.2. The quantitative estimate of drug-likeness (QED) is 0.664. The minimum atomic E-state index is -0.290. The maximum atomic E-state index is 11.5. The van der Waals surface area contributed by atoms with Crippen LogP contribution in [0.1, 0.15) is 26.7 Å². The number of hydrogen-bond donors (Lipinski definition) is 1. The van der Waals surface area contributed by atoms with Crippen LogP contribution >= 0.6 is 0 Å². The summed E-state index contributed by atoms with van der Waals surface area (Å²) in [5, 5.41) is 3.13. The number of amides is 2. The van der Waals surface area contributed by atoms with Gasteiger partial charge < -0.3 is 5.32 Å². The molecule has 2 amide bonds. The third-order valence-electron chi connectivity index (χ3n) is 2.79. The molecule has 14 heavy (non-hydrogen) atoms. The van der Waals surface area contributed by atoms with Crippen molar-refractivity contribution in [2.75, 3.05) is 13.6 Å².